The Kier molecular flexibility index (Phi) is 5.35. The molecule has 1 atom stereocenters. The first-order valence-electron chi connectivity index (χ1n) is 8.56. The fourth-order valence-electron chi connectivity index (χ4n) is 3.27. The van der Waals surface area contributed by atoms with Gasteiger partial charge >= 0.3 is 0 Å². The van der Waals surface area contributed by atoms with Gasteiger partial charge in [-0.05, 0) is 41.0 Å². The van der Waals surface area contributed by atoms with E-state index in [0.717, 1.165) is 0 Å². The Balaban J connectivity index is 1.60. The largest absolute Gasteiger partial charge is 0.396 e. The Hall–Kier alpha value is -1.69. The van der Waals surface area contributed by atoms with Crippen molar-refractivity contribution in [3.63, 3.8) is 0 Å². The molecule has 3 aromatic rings. The van der Waals surface area contributed by atoms with Crippen LogP contribution in [0.1, 0.15) is 28.8 Å². The van der Waals surface area contributed by atoms with Gasteiger partial charge in [0, 0.05) is 16.3 Å². The molecule has 1 unspecified atom stereocenters. The average molecular weight is 417 g/mol. The summed E-state index contributed by atoms with van der Waals surface area (Å²) in [7, 11) is 0. The maximum atomic E-state index is 10.7. The van der Waals surface area contributed by atoms with Crippen LogP contribution < -0.4 is 11.1 Å². The Bertz CT molecular complexity index is 927. The number of halogens is 2. The lowest BCUT2D eigenvalue weighted by atomic mass is 9.97. The number of nitrogens with two attached hydrogens (primary N) is 1. The molecule has 3 nitrogen and oxygen atoms in total. The van der Waals surface area contributed by atoms with Crippen LogP contribution in [0.15, 0.2) is 70.5 Å². The molecular formula is C21H18Cl2N2OS. The van der Waals surface area contributed by atoms with E-state index in [1.54, 1.807) is 23.9 Å². The van der Waals surface area contributed by atoms with Crippen molar-refractivity contribution in [3.8, 4) is 0 Å². The molecule has 0 saturated carbocycles. The van der Waals surface area contributed by atoms with Gasteiger partial charge in [-0.2, -0.15) is 0 Å². The Morgan fingerprint density at radius 2 is 1.48 bits per heavy atom. The van der Waals surface area contributed by atoms with Gasteiger partial charge in [-0.15, -0.1) is 0 Å². The van der Waals surface area contributed by atoms with Crippen molar-refractivity contribution in [3.05, 3.63) is 87.4 Å². The first kappa shape index (κ1) is 18.7. The third-order valence-electron chi connectivity index (χ3n) is 4.68. The minimum atomic E-state index is -0.755. The number of nitrogens with one attached hydrogen (secondary N) is 1. The normalized spacial score (nSPS) is 14.5. The highest BCUT2D eigenvalue weighted by molar-refractivity contribution is 7.99. The Labute approximate surface area is 172 Å². The van der Waals surface area contributed by atoms with E-state index in [1.807, 2.05) is 24.3 Å². The van der Waals surface area contributed by atoms with Crippen molar-refractivity contribution >= 4 is 40.7 Å². The maximum absolute atomic E-state index is 10.7. The molecule has 0 aromatic heterocycles. The van der Waals surface area contributed by atoms with Crippen LogP contribution in [0.2, 0.25) is 10.0 Å². The standard InChI is InChI=1S/C21H18Cl2N2OS/c22-15-9-12(10-16(23)20(15)24)17(26)11-25-21-13-5-1-3-7-18(13)27-19-8-4-2-6-14(19)21/h1-10,17,21,25-26H,11,24H2. The number of nitrogen functional groups attached to an aromatic ring is 1. The second-order valence-corrected chi connectivity index (χ2v) is 8.33. The zero-order valence-electron chi connectivity index (χ0n) is 14.3. The van der Waals surface area contributed by atoms with E-state index in [-0.39, 0.29) is 6.04 Å². The van der Waals surface area contributed by atoms with Crippen LogP contribution in [-0.4, -0.2) is 11.7 Å². The zero-order chi connectivity index (χ0) is 19.0. The molecule has 1 aliphatic rings. The molecular weight excluding hydrogens is 399 g/mol. The average Bonchev–Trinajstić information content (AvgIpc) is 2.68. The van der Waals surface area contributed by atoms with Gasteiger partial charge in [0.25, 0.3) is 0 Å². The van der Waals surface area contributed by atoms with E-state index in [2.05, 4.69) is 29.6 Å². The highest BCUT2D eigenvalue weighted by atomic mass is 35.5. The molecule has 4 N–H and O–H groups in total. The molecule has 0 fully saturated rings. The van der Waals surface area contributed by atoms with Crippen LogP contribution in [0.5, 0.6) is 0 Å². The molecule has 0 radical (unpaired) electrons. The summed E-state index contributed by atoms with van der Waals surface area (Å²) in [5, 5.41) is 14.9. The van der Waals surface area contributed by atoms with Gasteiger partial charge in [0.05, 0.1) is 27.9 Å². The van der Waals surface area contributed by atoms with Crippen molar-refractivity contribution in [2.24, 2.45) is 0 Å². The van der Waals surface area contributed by atoms with Crippen LogP contribution >= 0.6 is 35.0 Å². The number of hydrogen-bond donors (Lipinski definition) is 3. The molecule has 0 aliphatic carbocycles. The van der Waals surface area contributed by atoms with Gasteiger partial charge in [0.2, 0.25) is 0 Å². The van der Waals surface area contributed by atoms with Crippen LogP contribution in [0, 0.1) is 0 Å². The van der Waals surface area contributed by atoms with Crippen molar-refractivity contribution in [2.45, 2.75) is 21.9 Å². The topological polar surface area (TPSA) is 58.3 Å². The summed E-state index contributed by atoms with van der Waals surface area (Å²) in [6.45, 7) is 0.356. The van der Waals surface area contributed by atoms with Gasteiger partial charge in [-0.25, -0.2) is 0 Å². The van der Waals surface area contributed by atoms with E-state index in [1.165, 1.54) is 20.9 Å². The molecule has 27 heavy (non-hydrogen) atoms. The lowest BCUT2D eigenvalue weighted by molar-refractivity contribution is 0.171. The van der Waals surface area contributed by atoms with Crippen molar-refractivity contribution < 1.29 is 5.11 Å². The van der Waals surface area contributed by atoms with E-state index >= 15 is 0 Å². The van der Waals surface area contributed by atoms with Crippen LogP contribution in [0.3, 0.4) is 0 Å². The lowest BCUT2D eigenvalue weighted by Gasteiger charge is -2.29. The molecule has 0 amide bonds. The minimum Gasteiger partial charge on any atom is -0.396 e. The summed E-state index contributed by atoms with van der Waals surface area (Å²) in [5.74, 6) is 0. The fraction of sp³-hybridized carbons (Fsp3) is 0.143. The van der Waals surface area contributed by atoms with Crippen LogP contribution in [-0.2, 0) is 0 Å². The van der Waals surface area contributed by atoms with Gasteiger partial charge in [0.1, 0.15) is 0 Å². The number of anilines is 1. The van der Waals surface area contributed by atoms with E-state index in [9.17, 15) is 5.11 Å². The number of rotatable bonds is 4. The van der Waals surface area contributed by atoms with Crippen molar-refractivity contribution in [1.29, 1.82) is 0 Å². The predicted octanol–water partition coefficient (Wildman–Crippen LogP) is 5.45. The molecule has 1 aliphatic heterocycles. The second-order valence-electron chi connectivity index (χ2n) is 6.43. The second kappa shape index (κ2) is 7.74. The molecule has 1 heterocycles. The van der Waals surface area contributed by atoms with Crippen LogP contribution in [0.25, 0.3) is 0 Å². The summed E-state index contributed by atoms with van der Waals surface area (Å²) in [4.78, 5) is 2.45. The number of aliphatic hydroxyl groups excluding tert-OH is 1. The molecule has 0 saturated heterocycles. The maximum Gasteiger partial charge on any atom is 0.0915 e. The Morgan fingerprint density at radius 3 is 2.04 bits per heavy atom. The molecule has 0 spiro atoms. The molecule has 4 rings (SSSR count). The quantitative estimate of drug-likeness (QED) is 0.494. The summed E-state index contributed by atoms with van der Waals surface area (Å²) >= 11 is 14.0. The van der Waals surface area contributed by atoms with Gasteiger partial charge < -0.3 is 16.2 Å². The van der Waals surface area contributed by atoms with E-state index in [4.69, 9.17) is 28.9 Å². The summed E-state index contributed by atoms with van der Waals surface area (Å²) in [6.07, 6.45) is -0.755. The SMILES string of the molecule is Nc1c(Cl)cc(C(O)CNC2c3ccccc3Sc3ccccc32)cc1Cl. The first-order chi connectivity index (χ1) is 13.0. The summed E-state index contributed by atoms with van der Waals surface area (Å²) in [5.41, 5.74) is 9.17. The predicted molar refractivity (Wildman–Crippen MR) is 113 cm³/mol. The summed E-state index contributed by atoms with van der Waals surface area (Å²) in [6, 6.07) is 20.0. The number of aliphatic hydroxyl groups is 1. The zero-order valence-corrected chi connectivity index (χ0v) is 16.7. The van der Waals surface area contributed by atoms with E-state index < -0.39 is 6.10 Å². The molecule has 0 bridgehead atoms. The number of hydrogen-bond acceptors (Lipinski definition) is 4. The molecule has 3 aromatic carbocycles. The molecule has 6 heteroatoms. The number of fused-ring (bicyclic) bond motifs is 2. The molecule has 138 valence electrons. The monoisotopic (exact) mass is 416 g/mol. The third kappa shape index (κ3) is 3.68. The minimum absolute atomic E-state index is 0.00743. The first-order valence-corrected chi connectivity index (χ1v) is 10.1. The van der Waals surface area contributed by atoms with Crippen molar-refractivity contribution in [1.82, 2.24) is 5.32 Å². The third-order valence-corrected chi connectivity index (χ3v) is 6.49. The highest BCUT2D eigenvalue weighted by Gasteiger charge is 2.26. The van der Waals surface area contributed by atoms with Crippen molar-refractivity contribution in [2.75, 3.05) is 12.3 Å². The fourth-order valence-corrected chi connectivity index (χ4v) is 4.92. The number of benzene rings is 3. The summed E-state index contributed by atoms with van der Waals surface area (Å²) < 4.78 is 0. The van der Waals surface area contributed by atoms with Gasteiger partial charge in [-0.1, -0.05) is 71.4 Å². The highest BCUT2D eigenvalue weighted by Crippen LogP contribution is 2.44. The lowest BCUT2D eigenvalue weighted by Crippen LogP contribution is -2.29. The van der Waals surface area contributed by atoms with Crippen LogP contribution in [0.4, 0.5) is 5.69 Å². The van der Waals surface area contributed by atoms with Gasteiger partial charge in [-0.3, -0.25) is 0 Å². The van der Waals surface area contributed by atoms with E-state index in [0.29, 0.717) is 27.8 Å². The van der Waals surface area contributed by atoms with Gasteiger partial charge in [0.15, 0.2) is 0 Å². The Morgan fingerprint density at radius 1 is 0.963 bits per heavy atom. The smallest absolute Gasteiger partial charge is 0.0915 e.